The molecule has 1 aromatic carbocycles. The second kappa shape index (κ2) is 6.69. The van der Waals surface area contributed by atoms with Gasteiger partial charge in [-0.1, -0.05) is 18.2 Å². The summed E-state index contributed by atoms with van der Waals surface area (Å²) in [4.78, 5) is 17.1. The predicted molar refractivity (Wildman–Crippen MR) is 106 cm³/mol. The molecule has 4 aliphatic rings. The summed E-state index contributed by atoms with van der Waals surface area (Å²) < 4.78 is 5.31. The van der Waals surface area contributed by atoms with E-state index in [1.54, 1.807) is 0 Å². The number of hydrogen-bond acceptors (Lipinski definition) is 4. The number of piperidine rings is 2. The molecule has 5 rings (SSSR count). The number of hydrogen-bond donors (Lipinski definition) is 1. The largest absolute Gasteiger partial charge is 0.450 e. The topological polar surface area (TPSA) is 44.8 Å². The lowest BCUT2D eigenvalue weighted by molar-refractivity contribution is 0.0285. The van der Waals surface area contributed by atoms with Crippen LogP contribution < -0.4 is 5.32 Å². The zero-order valence-electron chi connectivity index (χ0n) is 16.3. The van der Waals surface area contributed by atoms with Crippen molar-refractivity contribution in [3.8, 4) is 0 Å². The Morgan fingerprint density at radius 2 is 1.85 bits per heavy atom. The van der Waals surface area contributed by atoms with Gasteiger partial charge in [0.2, 0.25) is 0 Å². The van der Waals surface area contributed by atoms with Gasteiger partial charge >= 0.3 is 6.09 Å². The molecule has 2 atom stereocenters. The minimum atomic E-state index is -0.0883. The highest BCUT2D eigenvalue weighted by Crippen LogP contribution is 2.45. The number of ether oxygens (including phenoxy) is 1. The average molecular weight is 370 g/mol. The second-order valence-corrected chi connectivity index (χ2v) is 8.83. The van der Waals surface area contributed by atoms with Gasteiger partial charge in [0, 0.05) is 35.8 Å². The molecule has 1 aromatic rings. The van der Waals surface area contributed by atoms with Crippen LogP contribution in [0.25, 0.3) is 0 Å². The lowest BCUT2D eigenvalue weighted by atomic mass is 9.74. The standard InChI is InChI=1S/C22H31N3O2/c1-2-27-21(26)25-16-7-8-17(25)14-18(13-16)24-11-9-22(10-12-24)15-23-20-6-4-3-5-19(20)22/h3-6,16-18,23H,2,7-15H2,1H3. The molecule has 0 aliphatic carbocycles. The summed E-state index contributed by atoms with van der Waals surface area (Å²) in [5.41, 5.74) is 3.20. The van der Waals surface area contributed by atoms with Crippen LogP contribution in [0.2, 0.25) is 0 Å². The Kier molecular flexibility index (Phi) is 4.30. The molecule has 0 aromatic heterocycles. The third-order valence-corrected chi connectivity index (χ3v) is 7.57. The number of amides is 1. The minimum absolute atomic E-state index is 0.0883. The number of carbonyl (C=O) groups excluding carboxylic acids is 1. The van der Waals surface area contributed by atoms with E-state index >= 15 is 0 Å². The van der Waals surface area contributed by atoms with E-state index in [9.17, 15) is 4.79 Å². The van der Waals surface area contributed by atoms with Crippen molar-refractivity contribution in [3.05, 3.63) is 29.8 Å². The molecule has 0 saturated carbocycles. The molecule has 146 valence electrons. The van der Waals surface area contributed by atoms with Crippen molar-refractivity contribution in [2.45, 2.75) is 69.0 Å². The number of nitrogens with one attached hydrogen (secondary N) is 1. The molecule has 4 aliphatic heterocycles. The predicted octanol–water partition coefficient (Wildman–Crippen LogP) is 3.60. The molecule has 1 spiro atoms. The molecule has 2 bridgehead atoms. The van der Waals surface area contributed by atoms with Crippen LogP contribution in [0.1, 0.15) is 51.0 Å². The summed E-state index contributed by atoms with van der Waals surface area (Å²) in [7, 11) is 0. The molecule has 2 unspecified atom stereocenters. The van der Waals surface area contributed by atoms with Crippen LogP contribution in [0, 0.1) is 0 Å². The van der Waals surface area contributed by atoms with Gasteiger partial charge in [0.25, 0.3) is 0 Å². The van der Waals surface area contributed by atoms with Gasteiger partial charge in [-0.05, 0) is 70.2 Å². The quantitative estimate of drug-likeness (QED) is 0.865. The number of nitrogens with zero attached hydrogens (tertiary/aromatic N) is 2. The fraction of sp³-hybridized carbons (Fsp3) is 0.682. The summed E-state index contributed by atoms with van der Waals surface area (Å²) in [6, 6.07) is 10.3. The van der Waals surface area contributed by atoms with Gasteiger partial charge in [-0.2, -0.15) is 0 Å². The Hall–Kier alpha value is -1.75. The van der Waals surface area contributed by atoms with E-state index < -0.39 is 0 Å². The van der Waals surface area contributed by atoms with E-state index in [1.807, 2.05) is 6.92 Å². The van der Waals surface area contributed by atoms with Crippen LogP contribution in [-0.4, -0.2) is 60.3 Å². The lowest BCUT2D eigenvalue weighted by Crippen LogP contribution is -2.55. The first kappa shape index (κ1) is 17.4. The number of carbonyl (C=O) groups is 1. The maximum Gasteiger partial charge on any atom is 0.410 e. The molecule has 5 heteroatoms. The van der Waals surface area contributed by atoms with Crippen LogP contribution >= 0.6 is 0 Å². The Morgan fingerprint density at radius 1 is 1.15 bits per heavy atom. The average Bonchev–Trinajstić information content (AvgIpc) is 3.18. The minimum Gasteiger partial charge on any atom is -0.450 e. The first-order valence-electron chi connectivity index (χ1n) is 10.7. The van der Waals surface area contributed by atoms with E-state index in [4.69, 9.17) is 4.74 Å². The number of benzene rings is 1. The van der Waals surface area contributed by atoms with Gasteiger partial charge in [-0.3, -0.25) is 0 Å². The summed E-state index contributed by atoms with van der Waals surface area (Å²) in [6.07, 6.45) is 6.93. The molecule has 1 amide bonds. The van der Waals surface area contributed by atoms with Gasteiger partial charge in [0.15, 0.2) is 0 Å². The third kappa shape index (κ3) is 2.82. The Labute approximate surface area is 162 Å². The molecular formula is C22H31N3O2. The smallest absolute Gasteiger partial charge is 0.410 e. The van der Waals surface area contributed by atoms with Crippen molar-refractivity contribution in [2.75, 3.05) is 31.6 Å². The normalized spacial score (nSPS) is 31.6. The Bertz CT molecular complexity index is 699. The van der Waals surface area contributed by atoms with E-state index in [0.29, 0.717) is 30.1 Å². The highest BCUT2D eigenvalue weighted by atomic mass is 16.6. The molecule has 4 heterocycles. The Morgan fingerprint density at radius 3 is 2.56 bits per heavy atom. The van der Waals surface area contributed by atoms with Crippen LogP contribution in [0.3, 0.4) is 0 Å². The van der Waals surface area contributed by atoms with Crippen molar-refractivity contribution in [2.24, 2.45) is 0 Å². The van der Waals surface area contributed by atoms with E-state index in [-0.39, 0.29) is 6.09 Å². The summed E-state index contributed by atoms with van der Waals surface area (Å²) in [5.74, 6) is 0. The maximum atomic E-state index is 12.3. The van der Waals surface area contributed by atoms with Crippen molar-refractivity contribution >= 4 is 11.8 Å². The van der Waals surface area contributed by atoms with Crippen LogP contribution in [0.5, 0.6) is 0 Å². The van der Waals surface area contributed by atoms with Crippen molar-refractivity contribution in [3.63, 3.8) is 0 Å². The zero-order chi connectivity index (χ0) is 18.4. The SMILES string of the molecule is CCOC(=O)N1C2CCC1CC(N1CCC3(CC1)CNc1ccccc13)C2. The van der Waals surface area contributed by atoms with Crippen LogP contribution in [0.15, 0.2) is 24.3 Å². The fourth-order valence-corrected chi connectivity index (χ4v) is 6.17. The van der Waals surface area contributed by atoms with Gasteiger partial charge in [0.05, 0.1) is 6.61 Å². The number of fused-ring (bicyclic) bond motifs is 4. The fourth-order valence-electron chi connectivity index (χ4n) is 6.17. The first-order chi connectivity index (χ1) is 13.2. The van der Waals surface area contributed by atoms with Crippen molar-refractivity contribution in [1.29, 1.82) is 0 Å². The molecule has 27 heavy (non-hydrogen) atoms. The summed E-state index contributed by atoms with van der Waals surface area (Å²) >= 11 is 0. The van der Waals surface area contributed by atoms with Crippen molar-refractivity contribution in [1.82, 2.24) is 9.80 Å². The van der Waals surface area contributed by atoms with E-state index in [0.717, 1.165) is 32.2 Å². The first-order valence-corrected chi connectivity index (χ1v) is 10.7. The molecule has 0 radical (unpaired) electrons. The molecule has 3 saturated heterocycles. The molecule has 3 fully saturated rings. The number of anilines is 1. The van der Waals surface area contributed by atoms with E-state index in [2.05, 4.69) is 39.4 Å². The number of para-hydroxylation sites is 1. The maximum absolute atomic E-state index is 12.3. The van der Waals surface area contributed by atoms with Crippen LogP contribution in [-0.2, 0) is 10.2 Å². The lowest BCUT2D eigenvalue weighted by Gasteiger charge is -2.47. The van der Waals surface area contributed by atoms with E-state index in [1.165, 1.54) is 37.2 Å². The second-order valence-electron chi connectivity index (χ2n) is 8.83. The summed E-state index contributed by atoms with van der Waals surface area (Å²) in [5, 5.41) is 3.63. The molecule has 1 N–H and O–H groups in total. The van der Waals surface area contributed by atoms with Gasteiger partial charge in [-0.25, -0.2) is 4.79 Å². The third-order valence-electron chi connectivity index (χ3n) is 7.57. The van der Waals surface area contributed by atoms with Gasteiger partial charge in [0.1, 0.15) is 0 Å². The highest BCUT2D eigenvalue weighted by molar-refractivity contribution is 5.69. The van der Waals surface area contributed by atoms with Crippen molar-refractivity contribution < 1.29 is 9.53 Å². The number of likely N-dealkylation sites (tertiary alicyclic amines) is 1. The highest BCUT2D eigenvalue weighted by Gasteiger charge is 2.47. The monoisotopic (exact) mass is 369 g/mol. The molecular weight excluding hydrogens is 338 g/mol. The van der Waals surface area contributed by atoms with Crippen LogP contribution in [0.4, 0.5) is 10.5 Å². The Balaban J connectivity index is 1.24. The number of rotatable bonds is 2. The summed E-state index contributed by atoms with van der Waals surface area (Å²) in [6.45, 7) is 5.82. The van der Waals surface area contributed by atoms with Gasteiger partial charge in [-0.15, -0.1) is 0 Å². The van der Waals surface area contributed by atoms with Gasteiger partial charge < -0.3 is 19.9 Å². The molecule has 5 nitrogen and oxygen atoms in total. The zero-order valence-corrected chi connectivity index (χ0v) is 16.3.